The van der Waals surface area contributed by atoms with Gasteiger partial charge < -0.3 is 9.42 Å². The maximum atomic E-state index is 12.9. The number of carbonyl (C=O) groups excluding carboxylic acids is 1. The first-order valence-electron chi connectivity index (χ1n) is 8.09. The first kappa shape index (κ1) is 17.5. The zero-order valence-electron chi connectivity index (χ0n) is 14.5. The Kier molecular flexibility index (Phi) is 5.22. The molecule has 6 heteroatoms. The molecule has 0 fully saturated rings. The number of hydrogen-bond acceptors (Lipinski definition) is 4. The van der Waals surface area contributed by atoms with Crippen LogP contribution in [-0.4, -0.2) is 28.0 Å². The van der Waals surface area contributed by atoms with Crippen molar-refractivity contribution >= 4 is 12.0 Å². The number of halogens is 1. The van der Waals surface area contributed by atoms with Gasteiger partial charge in [-0.25, -0.2) is 4.39 Å². The van der Waals surface area contributed by atoms with Crippen LogP contribution in [0.15, 0.2) is 59.1 Å². The second-order valence-electron chi connectivity index (χ2n) is 5.96. The summed E-state index contributed by atoms with van der Waals surface area (Å²) in [6.07, 6.45) is 3.05. The lowest BCUT2D eigenvalue weighted by Gasteiger charge is -2.11. The molecule has 26 heavy (non-hydrogen) atoms. The van der Waals surface area contributed by atoms with Crippen LogP contribution in [0.2, 0.25) is 0 Å². The fourth-order valence-electron chi connectivity index (χ4n) is 2.37. The minimum atomic E-state index is -0.314. The Morgan fingerprint density at radius 1 is 1.23 bits per heavy atom. The summed E-state index contributed by atoms with van der Waals surface area (Å²) in [6, 6.07) is 13.7. The van der Waals surface area contributed by atoms with E-state index in [1.54, 1.807) is 25.3 Å². The Morgan fingerprint density at radius 3 is 2.73 bits per heavy atom. The van der Waals surface area contributed by atoms with Crippen molar-refractivity contribution in [3.05, 3.63) is 77.4 Å². The highest BCUT2D eigenvalue weighted by atomic mass is 19.1. The zero-order valence-corrected chi connectivity index (χ0v) is 14.5. The van der Waals surface area contributed by atoms with E-state index in [1.807, 2.05) is 31.2 Å². The predicted octanol–water partition coefficient (Wildman–Crippen LogP) is 3.86. The third-order valence-electron chi connectivity index (χ3n) is 3.78. The van der Waals surface area contributed by atoms with E-state index in [1.165, 1.54) is 23.1 Å². The van der Waals surface area contributed by atoms with Crippen molar-refractivity contribution < 1.29 is 13.7 Å². The van der Waals surface area contributed by atoms with E-state index in [0.29, 0.717) is 11.7 Å². The molecule has 132 valence electrons. The van der Waals surface area contributed by atoms with Gasteiger partial charge in [0.25, 0.3) is 0 Å². The number of benzene rings is 2. The number of nitrogens with zero attached hydrogens (tertiary/aromatic N) is 3. The van der Waals surface area contributed by atoms with Gasteiger partial charge in [-0.1, -0.05) is 41.1 Å². The highest BCUT2D eigenvalue weighted by molar-refractivity contribution is 5.91. The lowest BCUT2D eigenvalue weighted by Crippen LogP contribution is -2.24. The molecular weight excluding hydrogens is 333 g/mol. The summed E-state index contributed by atoms with van der Waals surface area (Å²) in [5.41, 5.74) is 2.71. The summed E-state index contributed by atoms with van der Waals surface area (Å²) >= 11 is 0. The van der Waals surface area contributed by atoms with Gasteiger partial charge >= 0.3 is 0 Å². The molecule has 0 atom stereocenters. The molecule has 0 aliphatic carbocycles. The van der Waals surface area contributed by atoms with E-state index in [9.17, 15) is 9.18 Å². The topological polar surface area (TPSA) is 59.2 Å². The van der Waals surface area contributed by atoms with E-state index < -0.39 is 0 Å². The zero-order chi connectivity index (χ0) is 18.5. The Bertz CT molecular complexity index is 932. The molecule has 2 aromatic carbocycles. The van der Waals surface area contributed by atoms with Crippen molar-refractivity contribution in [2.75, 3.05) is 7.05 Å². The van der Waals surface area contributed by atoms with Crippen molar-refractivity contribution in [3.8, 4) is 11.4 Å². The molecule has 0 saturated carbocycles. The van der Waals surface area contributed by atoms with Crippen LogP contribution in [0.5, 0.6) is 0 Å². The highest BCUT2D eigenvalue weighted by Crippen LogP contribution is 2.17. The molecule has 0 unspecified atom stereocenters. The van der Waals surface area contributed by atoms with E-state index in [2.05, 4.69) is 10.1 Å². The first-order valence-corrected chi connectivity index (χ1v) is 8.09. The van der Waals surface area contributed by atoms with Gasteiger partial charge in [-0.2, -0.15) is 4.98 Å². The second kappa shape index (κ2) is 7.74. The van der Waals surface area contributed by atoms with Gasteiger partial charge in [0, 0.05) is 18.7 Å². The number of carbonyl (C=O) groups is 1. The van der Waals surface area contributed by atoms with Crippen LogP contribution < -0.4 is 0 Å². The van der Waals surface area contributed by atoms with Gasteiger partial charge in [-0.15, -0.1) is 0 Å². The second-order valence-corrected chi connectivity index (χ2v) is 5.96. The molecule has 0 spiro atoms. The number of likely N-dealkylation sites (N-methyl/N-ethyl adjacent to an activating group) is 1. The van der Waals surface area contributed by atoms with Crippen LogP contribution in [0.1, 0.15) is 17.0 Å². The van der Waals surface area contributed by atoms with Crippen molar-refractivity contribution in [3.63, 3.8) is 0 Å². The standard InChI is InChI=1S/C20H18FN3O2/c1-14-4-3-5-16(12-14)20-22-18(26-23-20)13-24(2)19(25)11-8-15-6-9-17(21)10-7-15/h3-12H,13H2,1-2H3/b11-8+. The van der Waals surface area contributed by atoms with Gasteiger partial charge in [-0.3, -0.25) is 4.79 Å². The molecule has 3 rings (SSSR count). The Labute approximate surface area is 150 Å². The minimum Gasteiger partial charge on any atom is -0.337 e. The Morgan fingerprint density at radius 2 is 2.00 bits per heavy atom. The average Bonchev–Trinajstić information content (AvgIpc) is 3.09. The Hall–Kier alpha value is -3.28. The smallest absolute Gasteiger partial charge is 0.246 e. The number of aryl methyl sites for hydroxylation is 1. The molecule has 0 radical (unpaired) electrons. The van der Waals surface area contributed by atoms with Crippen LogP contribution in [0.4, 0.5) is 4.39 Å². The van der Waals surface area contributed by atoms with Gasteiger partial charge in [0.15, 0.2) is 0 Å². The SMILES string of the molecule is Cc1cccc(-c2noc(CN(C)C(=O)/C=C/c3ccc(F)cc3)n2)c1. The van der Waals surface area contributed by atoms with Crippen molar-refractivity contribution in [1.82, 2.24) is 15.0 Å². The number of rotatable bonds is 5. The highest BCUT2D eigenvalue weighted by Gasteiger charge is 2.13. The number of amides is 1. The lowest BCUT2D eigenvalue weighted by atomic mass is 10.1. The molecule has 0 aliphatic heterocycles. The number of aromatic nitrogens is 2. The minimum absolute atomic E-state index is 0.200. The molecule has 1 amide bonds. The van der Waals surface area contributed by atoms with Crippen LogP contribution in [0.3, 0.4) is 0 Å². The molecular formula is C20H18FN3O2. The third kappa shape index (κ3) is 4.42. The van der Waals surface area contributed by atoms with Crippen molar-refractivity contribution in [1.29, 1.82) is 0 Å². The first-order chi connectivity index (χ1) is 12.5. The van der Waals surface area contributed by atoms with Crippen LogP contribution in [-0.2, 0) is 11.3 Å². The average molecular weight is 351 g/mol. The maximum Gasteiger partial charge on any atom is 0.246 e. The fourth-order valence-corrected chi connectivity index (χ4v) is 2.37. The van der Waals surface area contributed by atoms with Gasteiger partial charge in [0.05, 0.1) is 6.54 Å². The summed E-state index contributed by atoms with van der Waals surface area (Å²) in [4.78, 5) is 18.0. The van der Waals surface area contributed by atoms with Gasteiger partial charge in [-0.05, 0) is 36.8 Å². The van der Waals surface area contributed by atoms with Crippen molar-refractivity contribution in [2.45, 2.75) is 13.5 Å². The molecule has 3 aromatic rings. The summed E-state index contributed by atoms with van der Waals surface area (Å²) in [5.74, 6) is 0.315. The van der Waals surface area contributed by atoms with E-state index in [-0.39, 0.29) is 18.3 Å². The molecule has 0 saturated heterocycles. The lowest BCUT2D eigenvalue weighted by molar-refractivity contribution is -0.125. The summed E-state index contributed by atoms with van der Waals surface area (Å²) in [5, 5.41) is 3.96. The molecule has 1 heterocycles. The van der Waals surface area contributed by atoms with Crippen LogP contribution >= 0.6 is 0 Å². The monoisotopic (exact) mass is 351 g/mol. The normalized spacial score (nSPS) is 11.0. The van der Waals surface area contributed by atoms with Gasteiger partial charge in [0.2, 0.25) is 17.6 Å². The Balaban J connectivity index is 1.63. The summed E-state index contributed by atoms with van der Waals surface area (Å²) in [6.45, 7) is 2.19. The largest absolute Gasteiger partial charge is 0.337 e. The number of hydrogen-bond donors (Lipinski definition) is 0. The predicted molar refractivity (Wildman–Crippen MR) is 96.4 cm³/mol. The summed E-state index contributed by atoms with van der Waals surface area (Å²) in [7, 11) is 1.65. The van der Waals surface area contributed by atoms with Gasteiger partial charge in [0.1, 0.15) is 5.82 Å². The maximum absolute atomic E-state index is 12.9. The van der Waals surface area contributed by atoms with E-state index >= 15 is 0 Å². The molecule has 0 N–H and O–H groups in total. The third-order valence-corrected chi connectivity index (χ3v) is 3.78. The van der Waals surface area contributed by atoms with Crippen LogP contribution in [0.25, 0.3) is 17.5 Å². The molecule has 5 nitrogen and oxygen atoms in total. The van der Waals surface area contributed by atoms with E-state index in [0.717, 1.165) is 16.7 Å². The molecule has 0 bridgehead atoms. The molecule has 0 aliphatic rings. The molecule has 1 aromatic heterocycles. The summed E-state index contributed by atoms with van der Waals surface area (Å²) < 4.78 is 18.1. The van der Waals surface area contributed by atoms with Crippen LogP contribution in [0, 0.1) is 12.7 Å². The van der Waals surface area contributed by atoms with E-state index in [4.69, 9.17) is 4.52 Å². The fraction of sp³-hybridized carbons (Fsp3) is 0.150. The van der Waals surface area contributed by atoms with Crippen molar-refractivity contribution in [2.24, 2.45) is 0 Å². The quantitative estimate of drug-likeness (QED) is 0.655.